The number of aryl methyl sites for hydroxylation is 2. The highest BCUT2D eigenvalue weighted by Gasteiger charge is 2.27. The predicted molar refractivity (Wildman–Crippen MR) is 96.4 cm³/mol. The average molecular weight is 351 g/mol. The fourth-order valence-electron chi connectivity index (χ4n) is 2.15. The largest absolute Gasteiger partial charge is 0.356 e. The Morgan fingerprint density at radius 1 is 1.27 bits per heavy atom. The van der Waals surface area contributed by atoms with E-state index in [1.807, 2.05) is 43.5 Å². The Balaban J connectivity index is 1.75. The van der Waals surface area contributed by atoms with E-state index in [1.54, 1.807) is 11.3 Å². The van der Waals surface area contributed by atoms with E-state index in [-0.39, 0.29) is 11.4 Å². The molecule has 114 valence electrons. The Hall–Kier alpha value is -1.43. The van der Waals surface area contributed by atoms with Crippen molar-refractivity contribution in [2.75, 3.05) is 5.32 Å². The Morgan fingerprint density at radius 2 is 2.09 bits per heavy atom. The van der Waals surface area contributed by atoms with Crippen molar-refractivity contribution in [3.05, 3.63) is 55.6 Å². The second-order valence-electron chi connectivity index (χ2n) is 5.05. The van der Waals surface area contributed by atoms with Crippen molar-refractivity contribution >= 4 is 52.4 Å². The van der Waals surface area contributed by atoms with Crippen molar-refractivity contribution in [1.82, 2.24) is 5.32 Å². The molecule has 1 aliphatic rings. The molecule has 1 fully saturated rings. The van der Waals surface area contributed by atoms with E-state index < -0.39 is 0 Å². The van der Waals surface area contributed by atoms with E-state index in [2.05, 4.69) is 16.7 Å². The van der Waals surface area contributed by atoms with Gasteiger partial charge < -0.3 is 10.6 Å². The molecule has 6 heteroatoms. The van der Waals surface area contributed by atoms with Gasteiger partial charge in [0.2, 0.25) is 0 Å². The van der Waals surface area contributed by atoms with Crippen LogP contribution in [0.1, 0.15) is 16.0 Å². The zero-order chi connectivity index (χ0) is 15.7. The number of anilines is 1. The van der Waals surface area contributed by atoms with Crippen molar-refractivity contribution in [2.45, 2.75) is 19.3 Å². The molecule has 1 aromatic heterocycles. The third kappa shape index (κ3) is 3.32. The molecule has 2 heterocycles. The maximum Gasteiger partial charge on any atom is 0.260 e. The molecule has 2 aromatic rings. The highest BCUT2D eigenvalue weighted by Crippen LogP contribution is 2.32. The molecule has 2 N–H and O–H groups in total. The molecule has 1 atom stereocenters. The Labute approximate surface area is 142 Å². The minimum atomic E-state index is -0.168. The highest BCUT2D eigenvalue weighted by molar-refractivity contribution is 8.05. The van der Waals surface area contributed by atoms with Crippen LogP contribution < -0.4 is 10.6 Å². The molecule has 0 radical (unpaired) electrons. The molecule has 0 bridgehead atoms. The number of amides is 1. The predicted octanol–water partition coefficient (Wildman–Crippen LogP) is 4.62. The van der Waals surface area contributed by atoms with Crippen LogP contribution in [0.5, 0.6) is 0 Å². The summed E-state index contributed by atoms with van der Waals surface area (Å²) in [6.07, 6.45) is 1.95. The molecule has 1 aliphatic heterocycles. The lowest BCUT2D eigenvalue weighted by Gasteiger charge is -2.14. The molecule has 0 spiro atoms. The summed E-state index contributed by atoms with van der Waals surface area (Å²) in [6.45, 7) is 4.04. The molecule has 1 unspecified atom stereocenters. The van der Waals surface area contributed by atoms with E-state index in [0.717, 1.165) is 21.0 Å². The number of halogens is 1. The molecule has 1 aromatic carbocycles. The number of hydrogen-bond donors (Lipinski definition) is 2. The molecule has 1 saturated heterocycles. The van der Waals surface area contributed by atoms with Crippen LogP contribution in [0.15, 0.2) is 34.6 Å². The van der Waals surface area contributed by atoms with Crippen molar-refractivity contribution in [1.29, 1.82) is 0 Å². The number of hydrogen-bond acceptors (Lipinski definition) is 4. The first-order chi connectivity index (χ1) is 10.5. The molecule has 0 saturated carbocycles. The van der Waals surface area contributed by atoms with E-state index in [4.69, 9.17) is 11.6 Å². The van der Waals surface area contributed by atoms with E-state index in [1.165, 1.54) is 17.3 Å². The average Bonchev–Trinajstić information content (AvgIpc) is 3.01. The number of thiophene rings is 1. The second-order valence-corrected chi connectivity index (χ2v) is 7.58. The summed E-state index contributed by atoms with van der Waals surface area (Å²) in [5.74, 6) is -0.0399. The van der Waals surface area contributed by atoms with Gasteiger partial charge in [0.15, 0.2) is 5.50 Å². The third-order valence-corrected chi connectivity index (χ3v) is 5.60. The lowest BCUT2D eigenvalue weighted by Crippen LogP contribution is -2.31. The van der Waals surface area contributed by atoms with Gasteiger partial charge >= 0.3 is 0 Å². The van der Waals surface area contributed by atoms with Gasteiger partial charge in [-0.05, 0) is 60.7 Å². The minimum Gasteiger partial charge on any atom is -0.356 e. The smallest absolute Gasteiger partial charge is 0.260 e. The Bertz CT molecular complexity index is 754. The van der Waals surface area contributed by atoms with Gasteiger partial charge in [0, 0.05) is 15.6 Å². The lowest BCUT2D eigenvalue weighted by molar-refractivity contribution is -0.116. The zero-order valence-electron chi connectivity index (χ0n) is 12.1. The van der Waals surface area contributed by atoms with Crippen LogP contribution in [0.4, 0.5) is 5.69 Å². The van der Waals surface area contributed by atoms with Crippen molar-refractivity contribution in [3.8, 4) is 0 Å². The van der Waals surface area contributed by atoms with Crippen LogP contribution in [-0.2, 0) is 4.79 Å². The summed E-state index contributed by atoms with van der Waals surface area (Å²) in [6, 6.07) is 7.72. The summed E-state index contributed by atoms with van der Waals surface area (Å²) in [5.41, 5.74) is 3.04. The molecular weight excluding hydrogens is 336 g/mol. The topological polar surface area (TPSA) is 41.1 Å². The summed E-state index contributed by atoms with van der Waals surface area (Å²) in [7, 11) is 0. The van der Waals surface area contributed by atoms with Crippen LogP contribution >= 0.6 is 34.7 Å². The van der Waals surface area contributed by atoms with E-state index >= 15 is 0 Å². The maximum absolute atomic E-state index is 12.1. The van der Waals surface area contributed by atoms with Gasteiger partial charge in [-0.2, -0.15) is 0 Å². The maximum atomic E-state index is 12.1. The van der Waals surface area contributed by atoms with Crippen LogP contribution in [0.25, 0.3) is 6.08 Å². The number of nitrogens with one attached hydrogen (secondary N) is 2. The van der Waals surface area contributed by atoms with Crippen LogP contribution in [-0.4, -0.2) is 11.4 Å². The Morgan fingerprint density at radius 3 is 2.77 bits per heavy atom. The van der Waals surface area contributed by atoms with Crippen molar-refractivity contribution in [3.63, 3.8) is 0 Å². The van der Waals surface area contributed by atoms with Gasteiger partial charge in [0.1, 0.15) is 0 Å². The van der Waals surface area contributed by atoms with Crippen molar-refractivity contribution < 1.29 is 4.79 Å². The first-order valence-corrected chi connectivity index (χ1v) is 8.92. The number of thioether (sulfide) groups is 1. The van der Waals surface area contributed by atoms with Gasteiger partial charge in [-0.1, -0.05) is 23.4 Å². The van der Waals surface area contributed by atoms with Crippen LogP contribution in [0.3, 0.4) is 0 Å². The summed E-state index contributed by atoms with van der Waals surface area (Å²) in [5, 5.41) is 9.01. The molecule has 0 aliphatic carbocycles. The first-order valence-electron chi connectivity index (χ1n) is 6.79. The molecule has 22 heavy (non-hydrogen) atoms. The van der Waals surface area contributed by atoms with E-state index in [9.17, 15) is 4.79 Å². The van der Waals surface area contributed by atoms with Crippen molar-refractivity contribution in [2.24, 2.45) is 0 Å². The lowest BCUT2D eigenvalue weighted by atomic mass is 10.2. The first kappa shape index (κ1) is 15.5. The second kappa shape index (κ2) is 6.36. The summed E-state index contributed by atoms with van der Waals surface area (Å²) >= 11 is 9.10. The number of benzene rings is 1. The fourth-order valence-corrected chi connectivity index (χ4v) is 4.26. The van der Waals surface area contributed by atoms with Crippen LogP contribution in [0, 0.1) is 13.8 Å². The third-order valence-electron chi connectivity index (χ3n) is 3.37. The normalized spacial score (nSPS) is 19.5. The SMILES string of the molecule is Cc1cc(Cl)ccc1NC1NC(=O)/C(=C/c2sccc2C)S1. The Kier molecular flexibility index (Phi) is 4.47. The fraction of sp³-hybridized carbons (Fsp3) is 0.188. The summed E-state index contributed by atoms with van der Waals surface area (Å²) in [4.78, 5) is 14.0. The number of carbonyl (C=O) groups is 1. The van der Waals surface area contributed by atoms with Gasteiger partial charge in [0.05, 0.1) is 4.91 Å². The number of rotatable bonds is 3. The standard InChI is InChI=1S/C16H15ClN2OS2/c1-9-5-6-21-13(9)8-14-15(20)19-16(22-14)18-12-4-3-11(17)7-10(12)2/h3-8,16,18H,1-2H3,(H,19,20)/b14-8-. The van der Waals surface area contributed by atoms with Gasteiger partial charge in [-0.15, -0.1) is 11.3 Å². The zero-order valence-corrected chi connectivity index (χ0v) is 14.5. The minimum absolute atomic E-state index is 0.0399. The molecule has 3 rings (SSSR count). The quantitative estimate of drug-likeness (QED) is 0.794. The summed E-state index contributed by atoms with van der Waals surface area (Å²) < 4.78 is 0. The van der Waals surface area contributed by atoms with E-state index in [0.29, 0.717) is 5.02 Å². The highest BCUT2D eigenvalue weighted by atomic mass is 35.5. The van der Waals surface area contributed by atoms with Gasteiger partial charge in [-0.25, -0.2) is 0 Å². The van der Waals surface area contributed by atoms with Gasteiger partial charge in [0.25, 0.3) is 5.91 Å². The number of carbonyl (C=O) groups excluding carboxylic acids is 1. The van der Waals surface area contributed by atoms with Crippen LogP contribution in [0.2, 0.25) is 5.02 Å². The van der Waals surface area contributed by atoms with Gasteiger partial charge in [-0.3, -0.25) is 4.79 Å². The molecular formula is C16H15ClN2OS2. The molecule has 3 nitrogen and oxygen atoms in total. The monoisotopic (exact) mass is 350 g/mol. The molecule has 1 amide bonds.